The van der Waals surface area contributed by atoms with E-state index in [0.29, 0.717) is 28.4 Å². The van der Waals surface area contributed by atoms with Gasteiger partial charge in [0.2, 0.25) is 5.75 Å². The summed E-state index contributed by atoms with van der Waals surface area (Å²) in [7, 11) is 4.45. The maximum atomic E-state index is 13.2. The van der Waals surface area contributed by atoms with Crippen molar-refractivity contribution in [2.45, 2.75) is 6.54 Å². The average molecular weight is 438 g/mol. The zero-order valence-electron chi connectivity index (χ0n) is 15.8. The van der Waals surface area contributed by atoms with Crippen LogP contribution in [0.1, 0.15) is 11.1 Å². The number of thioether (sulfide) groups is 1. The van der Waals surface area contributed by atoms with Crippen molar-refractivity contribution in [3.05, 3.63) is 57.2 Å². The van der Waals surface area contributed by atoms with E-state index < -0.39 is 17.0 Å². The minimum atomic E-state index is -0.492. The second-order valence-corrected chi connectivity index (χ2v) is 7.33. The van der Waals surface area contributed by atoms with Gasteiger partial charge < -0.3 is 14.2 Å². The van der Waals surface area contributed by atoms with Gasteiger partial charge in [0.25, 0.3) is 11.1 Å². The maximum Gasteiger partial charge on any atom is 0.293 e. The summed E-state index contributed by atoms with van der Waals surface area (Å²) in [6, 6.07) is 7.19. The lowest BCUT2D eigenvalue weighted by molar-refractivity contribution is -0.123. The second kappa shape index (κ2) is 8.75. The molecule has 1 saturated heterocycles. The molecule has 0 radical (unpaired) electrons. The third kappa shape index (κ3) is 4.18. The highest BCUT2D eigenvalue weighted by Crippen LogP contribution is 2.42. The molecule has 152 valence electrons. The molecule has 1 heterocycles. The molecule has 0 atom stereocenters. The molecule has 0 aromatic heterocycles. The number of methoxy groups -OCH3 is 3. The number of benzene rings is 2. The Morgan fingerprint density at radius 3 is 2.41 bits per heavy atom. The van der Waals surface area contributed by atoms with Gasteiger partial charge >= 0.3 is 0 Å². The first-order valence-electron chi connectivity index (χ1n) is 8.37. The van der Waals surface area contributed by atoms with Crippen LogP contribution in [0.3, 0.4) is 0 Å². The number of ether oxygens (including phenoxy) is 3. The lowest BCUT2D eigenvalue weighted by Crippen LogP contribution is -2.27. The Morgan fingerprint density at radius 2 is 1.79 bits per heavy atom. The summed E-state index contributed by atoms with van der Waals surface area (Å²) in [6.45, 7) is -0.0514. The third-order valence-corrected chi connectivity index (χ3v) is 5.50. The van der Waals surface area contributed by atoms with Crippen molar-refractivity contribution < 1.29 is 28.2 Å². The van der Waals surface area contributed by atoms with Gasteiger partial charge in [-0.25, -0.2) is 4.39 Å². The first-order chi connectivity index (χ1) is 13.9. The van der Waals surface area contributed by atoms with Crippen molar-refractivity contribution in [3.8, 4) is 17.2 Å². The number of amides is 2. The van der Waals surface area contributed by atoms with Gasteiger partial charge in [0.05, 0.1) is 32.8 Å². The van der Waals surface area contributed by atoms with Gasteiger partial charge in [-0.2, -0.15) is 0 Å². The molecule has 0 saturated carbocycles. The van der Waals surface area contributed by atoms with E-state index in [9.17, 15) is 14.0 Å². The maximum absolute atomic E-state index is 13.2. The first-order valence-corrected chi connectivity index (χ1v) is 9.57. The fourth-order valence-corrected chi connectivity index (χ4v) is 3.89. The second-order valence-electron chi connectivity index (χ2n) is 5.93. The highest BCUT2D eigenvalue weighted by Gasteiger charge is 2.35. The number of carbonyl (C=O) groups is 2. The Kier molecular flexibility index (Phi) is 6.34. The normalized spacial score (nSPS) is 15.2. The largest absolute Gasteiger partial charge is 0.493 e. The van der Waals surface area contributed by atoms with Crippen molar-refractivity contribution in [2.24, 2.45) is 0 Å². The molecule has 0 unspecified atom stereocenters. The van der Waals surface area contributed by atoms with Gasteiger partial charge in [-0.05, 0) is 47.7 Å². The van der Waals surface area contributed by atoms with Crippen molar-refractivity contribution in [1.82, 2.24) is 4.90 Å². The molecule has 9 heteroatoms. The van der Waals surface area contributed by atoms with E-state index in [-0.39, 0.29) is 16.5 Å². The molecular weight excluding hydrogens is 421 g/mol. The number of halogens is 2. The predicted molar refractivity (Wildman–Crippen MR) is 109 cm³/mol. The molecule has 6 nitrogen and oxygen atoms in total. The molecule has 2 amide bonds. The number of nitrogens with zero attached hydrogens (tertiary/aromatic N) is 1. The van der Waals surface area contributed by atoms with Gasteiger partial charge in [0.15, 0.2) is 11.5 Å². The highest BCUT2D eigenvalue weighted by atomic mass is 35.5. The molecule has 0 aliphatic carbocycles. The molecule has 1 fully saturated rings. The number of hydrogen-bond donors (Lipinski definition) is 0. The van der Waals surface area contributed by atoms with Crippen LogP contribution in [-0.2, 0) is 11.3 Å². The van der Waals surface area contributed by atoms with E-state index in [4.69, 9.17) is 25.8 Å². The molecular formula is C20H17ClFNO5S. The van der Waals surface area contributed by atoms with Crippen molar-refractivity contribution in [3.63, 3.8) is 0 Å². The number of carbonyl (C=O) groups excluding carboxylic acids is 2. The first kappa shape index (κ1) is 21.0. The van der Waals surface area contributed by atoms with Gasteiger partial charge in [-0.1, -0.05) is 17.7 Å². The number of hydrogen-bond acceptors (Lipinski definition) is 6. The number of imide groups is 1. The molecule has 1 aliphatic rings. The Labute approximate surface area is 176 Å². The quantitative estimate of drug-likeness (QED) is 0.608. The average Bonchev–Trinajstić information content (AvgIpc) is 2.96. The Morgan fingerprint density at radius 1 is 1.07 bits per heavy atom. The molecule has 2 aromatic rings. The smallest absolute Gasteiger partial charge is 0.293 e. The van der Waals surface area contributed by atoms with Crippen LogP contribution in [0.25, 0.3) is 6.08 Å². The van der Waals surface area contributed by atoms with Crippen LogP contribution >= 0.6 is 23.4 Å². The fraction of sp³-hybridized carbons (Fsp3) is 0.200. The van der Waals surface area contributed by atoms with E-state index in [2.05, 4.69) is 0 Å². The fourth-order valence-electron chi connectivity index (χ4n) is 2.84. The summed E-state index contributed by atoms with van der Waals surface area (Å²) in [5.41, 5.74) is 1.02. The monoisotopic (exact) mass is 437 g/mol. The standard InChI is InChI=1S/C20H17ClFNO5S/c1-26-15-7-5-11(17(27-2)18(15)28-3)8-16-19(24)23(20(25)29-16)10-12-4-6-13(22)9-14(12)21/h4-9H,10H2,1-3H3/b16-8-. The summed E-state index contributed by atoms with van der Waals surface area (Å²) in [5.74, 6) is 0.257. The molecule has 0 N–H and O–H groups in total. The van der Waals surface area contributed by atoms with E-state index in [0.717, 1.165) is 22.7 Å². The molecule has 3 rings (SSSR count). The third-order valence-electron chi connectivity index (χ3n) is 4.24. The number of rotatable bonds is 6. The molecule has 1 aliphatic heterocycles. The topological polar surface area (TPSA) is 65.1 Å². The van der Waals surface area contributed by atoms with Crippen molar-refractivity contribution in [1.29, 1.82) is 0 Å². The van der Waals surface area contributed by atoms with Gasteiger partial charge in [-0.3, -0.25) is 14.5 Å². The zero-order valence-corrected chi connectivity index (χ0v) is 17.4. The summed E-state index contributed by atoms with van der Waals surface area (Å²) < 4.78 is 29.2. The SMILES string of the molecule is COc1ccc(/C=C2\SC(=O)N(Cc3ccc(F)cc3Cl)C2=O)c(OC)c1OC. The molecule has 0 spiro atoms. The van der Waals surface area contributed by atoms with E-state index in [1.165, 1.54) is 33.5 Å². The summed E-state index contributed by atoms with van der Waals surface area (Å²) in [5, 5.41) is -0.296. The van der Waals surface area contributed by atoms with Crippen LogP contribution in [0, 0.1) is 5.82 Å². The van der Waals surface area contributed by atoms with Crippen LogP contribution < -0.4 is 14.2 Å². The highest BCUT2D eigenvalue weighted by molar-refractivity contribution is 8.18. The van der Waals surface area contributed by atoms with Crippen LogP contribution in [0.15, 0.2) is 35.2 Å². The van der Waals surface area contributed by atoms with E-state index >= 15 is 0 Å². The van der Waals surface area contributed by atoms with Gasteiger partial charge in [0, 0.05) is 10.6 Å². The summed E-state index contributed by atoms with van der Waals surface area (Å²) >= 11 is 6.82. The Hall–Kier alpha value is -2.71. The van der Waals surface area contributed by atoms with Gasteiger partial charge in [-0.15, -0.1) is 0 Å². The van der Waals surface area contributed by atoms with Crippen LogP contribution in [0.2, 0.25) is 5.02 Å². The minimum absolute atomic E-state index is 0.0514. The Bertz CT molecular complexity index is 1010. The summed E-state index contributed by atoms with van der Waals surface area (Å²) in [6.07, 6.45) is 1.55. The predicted octanol–water partition coefficient (Wildman–Crippen LogP) is 4.74. The van der Waals surface area contributed by atoms with Crippen LogP contribution in [-0.4, -0.2) is 37.4 Å². The van der Waals surface area contributed by atoms with Crippen molar-refractivity contribution >= 4 is 40.6 Å². The van der Waals surface area contributed by atoms with Gasteiger partial charge in [0.1, 0.15) is 5.82 Å². The Balaban J connectivity index is 1.92. The van der Waals surface area contributed by atoms with Crippen molar-refractivity contribution in [2.75, 3.05) is 21.3 Å². The molecule has 29 heavy (non-hydrogen) atoms. The lowest BCUT2D eigenvalue weighted by atomic mass is 10.1. The van der Waals surface area contributed by atoms with Crippen LogP contribution in [0.5, 0.6) is 17.2 Å². The lowest BCUT2D eigenvalue weighted by Gasteiger charge is -2.14. The molecule has 0 bridgehead atoms. The van der Waals surface area contributed by atoms with E-state index in [1.54, 1.807) is 18.2 Å². The molecule has 2 aromatic carbocycles. The zero-order chi connectivity index (χ0) is 21.1. The van der Waals surface area contributed by atoms with E-state index in [1.807, 2.05) is 0 Å². The summed E-state index contributed by atoms with van der Waals surface area (Å²) in [4.78, 5) is 26.4. The minimum Gasteiger partial charge on any atom is -0.493 e. The van der Waals surface area contributed by atoms with Crippen LogP contribution in [0.4, 0.5) is 9.18 Å².